The van der Waals surface area contributed by atoms with Crippen LogP contribution in [0.4, 0.5) is 4.39 Å². The first-order chi connectivity index (χ1) is 15.3. The van der Waals surface area contributed by atoms with E-state index in [2.05, 4.69) is 5.32 Å². The van der Waals surface area contributed by atoms with E-state index in [1.807, 2.05) is 0 Å². The number of esters is 1. The number of unbranched alkanes of at least 4 members (excludes halogenated alkanes) is 2. The van der Waals surface area contributed by atoms with Crippen LogP contribution in [-0.2, 0) is 9.59 Å². The number of amides is 1. The molecular formula is C24H25FN2O5. The normalized spacial score (nSPS) is 11.8. The van der Waals surface area contributed by atoms with Crippen molar-refractivity contribution in [1.29, 1.82) is 0 Å². The zero-order valence-electron chi connectivity index (χ0n) is 17.7. The number of nitrogens with two attached hydrogens (primary N) is 1. The highest BCUT2D eigenvalue weighted by molar-refractivity contribution is 5.83. The fourth-order valence-corrected chi connectivity index (χ4v) is 3.13. The van der Waals surface area contributed by atoms with Crippen molar-refractivity contribution >= 4 is 22.8 Å². The molecule has 1 aromatic heterocycles. The predicted molar refractivity (Wildman–Crippen MR) is 119 cm³/mol. The van der Waals surface area contributed by atoms with Gasteiger partial charge in [0.25, 0.3) is 0 Å². The van der Waals surface area contributed by atoms with Gasteiger partial charge in [0.1, 0.15) is 23.4 Å². The molecule has 0 unspecified atom stereocenters. The third kappa shape index (κ3) is 6.01. The Labute approximate surface area is 184 Å². The molecule has 1 amide bonds. The topological polar surface area (TPSA) is 112 Å². The van der Waals surface area contributed by atoms with Gasteiger partial charge in [-0.15, -0.1) is 0 Å². The minimum absolute atomic E-state index is 0.197. The number of halogens is 1. The summed E-state index contributed by atoms with van der Waals surface area (Å²) in [5, 5.41) is 3.05. The van der Waals surface area contributed by atoms with Crippen LogP contribution in [0.1, 0.15) is 32.6 Å². The van der Waals surface area contributed by atoms with Gasteiger partial charge in [0.05, 0.1) is 17.0 Å². The fraction of sp³-hybridized carbons (Fsp3) is 0.292. The van der Waals surface area contributed by atoms with Gasteiger partial charge in [-0.2, -0.15) is 0 Å². The summed E-state index contributed by atoms with van der Waals surface area (Å²) in [5.41, 5.74) is 6.36. The van der Waals surface area contributed by atoms with Crippen LogP contribution < -0.4 is 21.2 Å². The highest BCUT2D eigenvalue weighted by atomic mass is 19.1. The molecule has 0 spiro atoms. The molecule has 0 saturated heterocycles. The molecule has 1 atom stereocenters. The number of carbonyl (C=O) groups excluding carboxylic acids is 2. The van der Waals surface area contributed by atoms with Gasteiger partial charge < -0.3 is 20.2 Å². The second kappa shape index (κ2) is 10.7. The van der Waals surface area contributed by atoms with Crippen molar-refractivity contribution in [3.05, 3.63) is 64.8 Å². The van der Waals surface area contributed by atoms with Crippen molar-refractivity contribution in [3.63, 3.8) is 0 Å². The van der Waals surface area contributed by atoms with Gasteiger partial charge in [0.2, 0.25) is 5.91 Å². The van der Waals surface area contributed by atoms with E-state index in [4.69, 9.17) is 14.9 Å². The summed E-state index contributed by atoms with van der Waals surface area (Å²) in [6.45, 7) is 2.13. The smallest absolute Gasteiger partial charge is 0.311 e. The second-order valence-electron chi connectivity index (χ2n) is 7.51. The molecule has 0 aliphatic heterocycles. The van der Waals surface area contributed by atoms with Gasteiger partial charge in [-0.3, -0.25) is 14.4 Å². The second-order valence-corrected chi connectivity index (χ2v) is 7.51. The Hall–Kier alpha value is -3.52. The zero-order chi connectivity index (χ0) is 23.1. The van der Waals surface area contributed by atoms with Crippen LogP contribution in [0, 0.1) is 5.82 Å². The first-order valence-corrected chi connectivity index (χ1v) is 10.4. The third-order valence-corrected chi connectivity index (χ3v) is 4.90. The highest BCUT2D eigenvalue weighted by Gasteiger charge is 2.12. The zero-order valence-corrected chi connectivity index (χ0v) is 17.7. The lowest BCUT2D eigenvalue weighted by Crippen LogP contribution is -2.38. The Kier molecular flexibility index (Phi) is 7.72. The Bertz CT molecular complexity index is 1160. The van der Waals surface area contributed by atoms with Gasteiger partial charge in [-0.05, 0) is 49.6 Å². The average Bonchev–Trinajstić information content (AvgIpc) is 2.77. The molecule has 0 aliphatic carbocycles. The molecule has 3 aromatic rings. The maximum Gasteiger partial charge on any atom is 0.311 e. The van der Waals surface area contributed by atoms with E-state index in [0.29, 0.717) is 29.5 Å². The Balaban J connectivity index is 1.55. The van der Waals surface area contributed by atoms with Gasteiger partial charge in [-0.25, -0.2) is 4.39 Å². The van der Waals surface area contributed by atoms with Gasteiger partial charge in [0, 0.05) is 19.0 Å². The number of hydrogen-bond donors (Lipinski definition) is 2. The number of benzene rings is 2. The largest absolute Gasteiger partial charge is 0.463 e. The minimum atomic E-state index is -0.536. The summed E-state index contributed by atoms with van der Waals surface area (Å²) >= 11 is 0. The Morgan fingerprint density at radius 2 is 1.88 bits per heavy atom. The molecule has 0 radical (unpaired) electrons. The summed E-state index contributed by atoms with van der Waals surface area (Å²) in [6, 6.07) is 9.61. The molecule has 7 nitrogen and oxygen atoms in total. The lowest BCUT2D eigenvalue weighted by atomic mass is 10.1. The Morgan fingerprint density at radius 1 is 1.12 bits per heavy atom. The van der Waals surface area contributed by atoms with Crippen LogP contribution in [0.15, 0.2) is 57.9 Å². The van der Waals surface area contributed by atoms with E-state index >= 15 is 0 Å². The number of rotatable bonds is 9. The first kappa shape index (κ1) is 23.1. The maximum atomic E-state index is 13.1. The fourth-order valence-electron chi connectivity index (χ4n) is 3.13. The first-order valence-electron chi connectivity index (χ1n) is 10.4. The van der Waals surface area contributed by atoms with E-state index in [0.717, 1.165) is 12.8 Å². The molecular weight excluding hydrogens is 415 g/mol. The molecule has 0 fully saturated rings. The van der Waals surface area contributed by atoms with Crippen LogP contribution in [-0.4, -0.2) is 24.5 Å². The summed E-state index contributed by atoms with van der Waals surface area (Å²) in [7, 11) is 0. The van der Waals surface area contributed by atoms with E-state index in [1.165, 1.54) is 48.7 Å². The average molecular weight is 440 g/mol. The number of nitrogens with one attached hydrogen (secondary N) is 1. The van der Waals surface area contributed by atoms with E-state index in [9.17, 15) is 18.8 Å². The van der Waals surface area contributed by atoms with Gasteiger partial charge >= 0.3 is 5.97 Å². The van der Waals surface area contributed by atoms with Gasteiger partial charge in [0.15, 0.2) is 5.43 Å². The van der Waals surface area contributed by atoms with Crippen LogP contribution in [0.25, 0.3) is 22.1 Å². The van der Waals surface area contributed by atoms with Crippen molar-refractivity contribution in [2.75, 3.05) is 6.54 Å². The monoisotopic (exact) mass is 440 g/mol. The van der Waals surface area contributed by atoms with Crippen molar-refractivity contribution in [2.45, 2.75) is 38.6 Å². The molecule has 3 rings (SSSR count). The molecule has 168 valence electrons. The lowest BCUT2D eigenvalue weighted by Gasteiger charge is -2.08. The van der Waals surface area contributed by atoms with Crippen molar-refractivity contribution in [3.8, 4) is 16.9 Å². The number of fused-ring (bicyclic) bond motifs is 1. The van der Waals surface area contributed by atoms with Crippen molar-refractivity contribution in [2.24, 2.45) is 5.73 Å². The number of ether oxygens (including phenoxy) is 1. The molecule has 32 heavy (non-hydrogen) atoms. The standard InChI is InChI=1S/C24H25FN2O5/c1-15(26)24(30)27-12-4-2-3-5-22(28)32-18-10-11-19-21(13-18)31-14-20(23(19)29)16-6-8-17(25)9-7-16/h6-11,13-15H,2-5,12,26H2,1H3,(H,27,30)/t15-/m1/s1. The van der Waals surface area contributed by atoms with Crippen molar-refractivity contribution in [1.82, 2.24) is 5.32 Å². The molecule has 2 aromatic carbocycles. The summed E-state index contributed by atoms with van der Waals surface area (Å²) in [6.07, 6.45) is 3.66. The third-order valence-electron chi connectivity index (χ3n) is 4.90. The summed E-state index contributed by atoms with van der Waals surface area (Å²) in [4.78, 5) is 36.2. The van der Waals surface area contributed by atoms with E-state index < -0.39 is 17.8 Å². The highest BCUT2D eigenvalue weighted by Crippen LogP contribution is 2.23. The quantitative estimate of drug-likeness (QED) is 0.299. The van der Waals surface area contributed by atoms with E-state index in [-0.39, 0.29) is 29.1 Å². The van der Waals surface area contributed by atoms with Crippen LogP contribution >= 0.6 is 0 Å². The summed E-state index contributed by atoms with van der Waals surface area (Å²) < 4.78 is 24.0. The van der Waals surface area contributed by atoms with Crippen molar-refractivity contribution < 1.29 is 23.1 Å². The summed E-state index contributed by atoms with van der Waals surface area (Å²) in [5.74, 6) is -0.700. The van der Waals surface area contributed by atoms with Crippen LogP contribution in [0.3, 0.4) is 0 Å². The van der Waals surface area contributed by atoms with Crippen LogP contribution in [0.5, 0.6) is 5.75 Å². The Morgan fingerprint density at radius 3 is 2.59 bits per heavy atom. The van der Waals surface area contributed by atoms with Crippen LogP contribution in [0.2, 0.25) is 0 Å². The molecule has 0 aliphatic rings. The molecule has 0 saturated carbocycles. The number of carbonyl (C=O) groups is 2. The lowest BCUT2D eigenvalue weighted by molar-refractivity contribution is -0.134. The predicted octanol–water partition coefficient (Wildman–Crippen LogP) is 3.53. The maximum absolute atomic E-state index is 13.1. The molecule has 1 heterocycles. The molecule has 0 bridgehead atoms. The molecule has 8 heteroatoms. The molecule has 3 N–H and O–H groups in total. The van der Waals surface area contributed by atoms with Gasteiger partial charge in [-0.1, -0.05) is 18.6 Å². The minimum Gasteiger partial charge on any atom is -0.463 e. The van der Waals surface area contributed by atoms with E-state index in [1.54, 1.807) is 6.92 Å². The number of hydrogen-bond acceptors (Lipinski definition) is 6. The SMILES string of the molecule is C[C@@H](N)C(=O)NCCCCCC(=O)Oc1ccc2c(=O)c(-c3ccc(F)cc3)coc2c1.